The van der Waals surface area contributed by atoms with E-state index in [9.17, 15) is 4.79 Å². The number of carbonyl (C=O) groups is 1. The van der Waals surface area contributed by atoms with Crippen LogP contribution in [0.1, 0.15) is 34.1 Å². The largest absolute Gasteiger partial charge is 0.392 e. The van der Waals surface area contributed by atoms with Gasteiger partial charge in [0.15, 0.2) is 0 Å². The van der Waals surface area contributed by atoms with Crippen molar-refractivity contribution in [2.45, 2.75) is 40.2 Å². The van der Waals surface area contributed by atoms with E-state index in [1.807, 2.05) is 21.0 Å². The lowest BCUT2D eigenvalue weighted by Crippen LogP contribution is -2.53. The summed E-state index contributed by atoms with van der Waals surface area (Å²) in [5, 5.41) is 3.07. The Morgan fingerprint density at radius 3 is 2.22 bits per heavy atom. The lowest BCUT2D eigenvalue weighted by Gasteiger charge is -2.31. The summed E-state index contributed by atoms with van der Waals surface area (Å²) >= 11 is 5.02. The first-order valence-corrected chi connectivity index (χ1v) is 6.81. The Labute approximate surface area is 116 Å². The van der Waals surface area contributed by atoms with Gasteiger partial charge in [-0.05, 0) is 33.4 Å². The predicted molar refractivity (Wildman–Crippen MR) is 80.5 cm³/mol. The molecule has 0 fully saturated rings. The van der Waals surface area contributed by atoms with Crippen molar-refractivity contribution in [2.75, 3.05) is 20.6 Å². The van der Waals surface area contributed by atoms with Gasteiger partial charge in [-0.25, -0.2) is 0 Å². The molecule has 0 aliphatic rings. The van der Waals surface area contributed by atoms with E-state index in [0.29, 0.717) is 12.3 Å². The van der Waals surface area contributed by atoms with E-state index >= 15 is 0 Å². The van der Waals surface area contributed by atoms with Gasteiger partial charge in [0.2, 0.25) is 5.91 Å². The number of rotatable bonds is 7. The molecule has 0 aromatic rings. The van der Waals surface area contributed by atoms with Gasteiger partial charge in [0.25, 0.3) is 0 Å². The molecule has 0 saturated heterocycles. The number of nitrogens with zero attached hydrogens (tertiary/aromatic N) is 1. The number of nitrogens with one attached hydrogen (secondary N) is 1. The van der Waals surface area contributed by atoms with Gasteiger partial charge in [-0.3, -0.25) is 4.79 Å². The van der Waals surface area contributed by atoms with Crippen LogP contribution in [0, 0.1) is 11.3 Å². The van der Waals surface area contributed by atoms with Gasteiger partial charge in [0.1, 0.15) is 0 Å². The van der Waals surface area contributed by atoms with Crippen LogP contribution in [0.2, 0.25) is 0 Å². The molecule has 0 radical (unpaired) electrons. The van der Waals surface area contributed by atoms with Crippen molar-refractivity contribution < 1.29 is 4.79 Å². The minimum atomic E-state index is -0.755. The number of hydrogen-bond donors (Lipinski definition) is 2. The van der Waals surface area contributed by atoms with Gasteiger partial charge in [-0.1, -0.05) is 33.0 Å². The van der Waals surface area contributed by atoms with E-state index in [2.05, 4.69) is 24.1 Å². The normalized spacial score (nSPS) is 16.4. The maximum atomic E-state index is 12.3. The molecule has 0 aliphatic carbocycles. The summed E-state index contributed by atoms with van der Waals surface area (Å²) in [6, 6.07) is 0.104. The number of hydrogen-bond acceptors (Lipinski definition) is 3. The Hall–Kier alpha value is -0.680. The molecule has 2 unspecified atom stereocenters. The zero-order chi connectivity index (χ0) is 14.5. The van der Waals surface area contributed by atoms with Crippen LogP contribution < -0.4 is 11.1 Å². The molecule has 0 aromatic carbocycles. The molecule has 4 nitrogen and oxygen atoms in total. The molecule has 0 saturated carbocycles. The summed E-state index contributed by atoms with van der Waals surface area (Å²) in [6.45, 7) is 8.73. The van der Waals surface area contributed by atoms with E-state index < -0.39 is 5.41 Å². The first kappa shape index (κ1) is 17.3. The molecule has 0 heterocycles. The fraction of sp³-hybridized carbons (Fsp3) is 0.846. The van der Waals surface area contributed by atoms with Crippen molar-refractivity contribution in [1.82, 2.24) is 10.2 Å². The first-order valence-electron chi connectivity index (χ1n) is 6.40. The maximum Gasteiger partial charge on any atom is 0.233 e. The van der Waals surface area contributed by atoms with Crippen LogP contribution in [0.25, 0.3) is 0 Å². The van der Waals surface area contributed by atoms with Crippen molar-refractivity contribution in [3.63, 3.8) is 0 Å². The summed E-state index contributed by atoms with van der Waals surface area (Å²) in [5.74, 6) is 0.293. The fourth-order valence-corrected chi connectivity index (χ4v) is 1.83. The number of amides is 1. The van der Waals surface area contributed by atoms with Gasteiger partial charge >= 0.3 is 0 Å². The van der Waals surface area contributed by atoms with Gasteiger partial charge in [-0.2, -0.15) is 0 Å². The third-order valence-corrected chi connectivity index (χ3v) is 3.89. The highest BCUT2D eigenvalue weighted by atomic mass is 32.1. The van der Waals surface area contributed by atoms with Crippen LogP contribution >= 0.6 is 12.2 Å². The molecule has 0 bridgehead atoms. The van der Waals surface area contributed by atoms with Gasteiger partial charge in [0.05, 0.1) is 10.4 Å². The van der Waals surface area contributed by atoms with E-state index in [0.717, 1.165) is 6.54 Å². The zero-order valence-electron chi connectivity index (χ0n) is 12.4. The minimum absolute atomic E-state index is 0.0713. The van der Waals surface area contributed by atoms with E-state index in [4.69, 9.17) is 18.0 Å². The SMILES string of the molecule is CCC(C)(C(=O)NC(CN(C)C)C(C)C)C(N)=S. The summed E-state index contributed by atoms with van der Waals surface area (Å²) in [7, 11) is 3.99. The first-order chi connectivity index (χ1) is 8.15. The van der Waals surface area contributed by atoms with Crippen molar-refractivity contribution in [1.29, 1.82) is 0 Å². The molecule has 106 valence electrons. The minimum Gasteiger partial charge on any atom is -0.392 e. The Morgan fingerprint density at radius 2 is 1.94 bits per heavy atom. The van der Waals surface area contributed by atoms with Crippen LogP contribution in [0.4, 0.5) is 0 Å². The molecule has 2 atom stereocenters. The Balaban J connectivity index is 4.83. The van der Waals surface area contributed by atoms with Gasteiger partial charge in [-0.15, -0.1) is 0 Å². The maximum absolute atomic E-state index is 12.3. The summed E-state index contributed by atoms with van der Waals surface area (Å²) in [6.07, 6.45) is 0.612. The third-order valence-electron chi connectivity index (χ3n) is 3.44. The van der Waals surface area contributed by atoms with E-state index in [1.165, 1.54) is 0 Å². The topological polar surface area (TPSA) is 58.4 Å². The molecule has 0 spiro atoms. The van der Waals surface area contributed by atoms with Crippen LogP contribution in [-0.2, 0) is 4.79 Å². The molecule has 18 heavy (non-hydrogen) atoms. The van der Waals surface area contributed by atoms with E-state index in [1.54, 1.807) is 6.92 Å². The lowest BCUT2D eigenvalue weighted by atomic mass is 9.85. The molecule has 3 N–H and O–H groups in total. The second-order valence-electron chi connectivity index (χ2n) is 5.64. The second kappa shape index (κ2) is 7.04. The summed E-state index contributed by atoms with van der Waals surface area (Å²) in [4.78, 5) is 14.7. The lowest BCUT2D eigenvalue weighted by molar-refractivity contribution is -0.128. The Bertz CT molecular complexity index is 305. The molecular weight excluding hydrogens is 246 g/mol. The quantitative estimate of drug-likeness (QED) is 0.688. The smallest absolute Gasteiger partial charge is 0.233 e. The Morgan fingerprint density at radius 1 is 1.44 bits per heavy atom. The van der Waals surface area contributed by atoms with E-state index in [-0.39, 0.29) is 16.9 Å². The van der Waals surface area contributed by atoms with Gasteiger partial charge in [0, 0.05) is 12.6 Å². The van der Waals surface area contributed by atoms with Crippen molar-refractivity contribution in [3.8, 4) is 0 Å². The van der Waals surface area contributed by atoms with Gasteiger partial charge < -0.3 is 16.0 Å². The predicted octanol–water partition coefficient (Wildman–Crippen LogP) is 1.39. The highest BCUT2D eigenvalue weighted by molar-refractivity contribution is 7.80. The molecule has 1 amide bonds. The third kappa shape index (κ3) is 4.53. The van der Waals surface area contributed by atoms with Crippen LogP contribution in [0.15, 0.2) is 0 Å². The number of carbonyl (C=O) groups excluding carboxylic acids is 1. The summed E-state index contributed by atoms with van der Waals surface area (Å²) in [5.41, 5.74) is 4.94. The van der Waals surface area contributed by atoms with Crippen LogP contribution in [0.5, 0.6) is 0 Å². The highest BCUT2D eigenvalue weighted by Crippen LogP contribution is 2.22. The summed E-state index contributed by atoms with van der Waals surface area (Å²) < 4.78 is 0. The number of likely N-dealkylation sites (N-methyl/N-ethyl adjacent to an activating group) is 1. The fourth-order valence-electron chi connectivity index (χ4n) is 1.59. The second-order valence-corrected chi connectivity index (χ2v) is 6.08. The molecule has 5 heteroatoms. The standard InChI is InChI=1S/C13H27N3OS/c1-7-13(4,11(14)18)12(17)15-10(9(2)3)8-16(5)6/h9-10H,7-8H2,1-6H3,(H2,14,18)(H,15,17). The van der Waals surface area contributed by atoms with Crippen molar-refractivity contribution in [2.24, 2.45) is 17.1 Å². The Kier molecular flexibility index (Phi) is 6.78. The van der Waals surface area contributed by atoms with Crippen LogP contribution in [-0.4, -0.2) is 42.5 Å². The molecule has 0 aromatic heterocycles. The van der Waals surface area contributed by atoms with Crippen LogP contribution in [0.3, 0.4) is 0 Å². The van der Waals surface area contributed by atoms with Crippen molar-refractivity contribution >= 4 is 23.1 Å². The average molecular weight is 273 g/mol. The average Bonchev–Trinajstić information content (AvgIpc) is 2.25. The molecule has 0 aliphatic heterocycles. The van der Waals surface area contributed by atoms with Crippen molar-refractivity contribution in [3.05, 3.63) is 0 Å². The number of nitrogens with two attached hydrogens (primary N) is 1. The highest BCUT2D eigenvalue weighted by Gasteiger charge is 2.36. The molecular formula is C13H27N3OS. The zero-order valence-corrected chi connectivity index (χ0v) is 13.2. The monoisotopic (exact) mass is 273 g/mol. The molecule has 0 rings (SSSR count). The number of thiocarbonyl (C=S) groups is 1.